The number of unbranched alkanes of at least 4 members (excludes halogenated alkanes) is 1. The van der Waals surface area contributed by atoms with Gasteiger partial charge >= 0.3 is 10.4 Å². The summed E-state index contributed by atoms with van der Waals surface area (Å²) in [4.78, 5) is 0. The molecule has 0 unspecified atom stereocenters. The highest BCUT2D eigenvalue weighted by atomic mass is 79.9. The van der Waals surface area contributed by atoms with Crippen LogP contribution in [0.25, 0.3) is 0 Å². The Kier molecular flexibility index (Phi) is 11.7. The Balaban J connectivity index is 0. The molecule has 0 aliphatic heterocycles. The van der Waals surface area contributed by atoms with Crippen LogP contribution in [0.1, 0.15) is 19.8 Å². The van der Waals surface area contributed by atoms with Crippen LogP contribution < -0.4 is 0 Å². The molecule has 0 aliphatic carbocycles. The molecule has 0 aromatic heterocycles. The van der Waals surface area contributed by atoms with E-state index in [9.17, 15) is 8.42 Å². The van der Waals surface area contributed by atoms with Crippen LogP contribution in [0.4, 0.5) is 0 Å². The minimum absolute atomic E-state index is 1.03. The number of hydrogen-bond acceptors (Lipinski definition) is 4. The molecule has 4 nitrogen and oxygen atoms in total. The van der Waals surface area contributed by atoms with Gasteiger partial charge in [0.15, 0.2) is 0 Å². The van der Waals surface area contributed by atoms with Crippen LogP contribution in [0, 0.1) is 0 Å². The number of alkyl halides is 1. The number of halogens is 1. The third kappa shape index (κ3) is 13.0. The van der Waals surface area contributed by atoms with Crippen molar-refractivity contribution in [2.24, 2.45) is 0 Å². The van der Waals surface area contributed by atoms with Crippen LogP contribution in [-0.4, -0.2) is 28.0 Å². The van der Waals surface area contributed by atoms with Crippen LogP contribution >= 0.6 is 15.9 Å². The third-order valence-electron chi connectivity index (χ3n) is 0.895. The normalized spacial score (nSPS) is 10.3. The van der Waals surface area contributed by atoms with Crippen molar-refractivity contribution < 1.29 is 16.8 Å². The SMILES string of the molecule is CCCCBr.COS(=O)(=O)OC. The van der Waals surface area contributed by atoms with Crippen LogP contribution in [0.5, 0.6) is 0 Å². The minimum atomic E-state index is -3.66. The van der Waals surface area contributed by atoms with Gasteiger partial charge in [0.1, 0.15) is 0 Å². The van der Waals surface area contributed by atoms with E-state index in [0.29, 0.717) is 0 Å². The van der Waals surface area contributed by atoms with Crippen molar-refractivity contribution in [3.63, 3.8) is 0 Å². The molecule has 0 heterocycles. The predicted molar refractivity (Wildman–Crippen MR) is 51.6 cm³/mol. The van der Waals surface area contributed by atoms with Crippen molar-refractivity contribution in [3.8, 4) is 0 Å². The van der Waals surface area contributed by atoms with Gasteiger partial charge in [-0.3, -0.25) is 8.37 Å². The molecule has 0 saturated heterocycles. The summed E-state index contributed by atoms with van der Waals surface area (Å²) in [7, 11) is -1.60. The maximum atomic E-state index is 9.92. The van der Waals surface area contributed by atoms with Crippen LogP contribution in [-0.2, 0) is 18.8 Å². The molecule has 0 fully saturated rings. The molecule has 0 radical (unpaired) electrons. The molecule has 12 heavy (non-hydrogen) atoms. The zero-order chi connectivity index (χ0) is 10.0. The Morgan fingerprint density at radius 2 is 1.67 bits per heavy atom. The lowest BCUT2D eigenvalue weighted by molar-refractivity contribution is 0.286. The first kappa shape index (κ1) is 14.9. The van der Waals surface area contributed by atoms with Gasteiger partial charge in [0.2, 0.25) is 0 Å². The smallest absolute Gasteiger partial charge is 0.252 e. The third-order valence-corrected chi connectivity index (χ3v) is 2.27. The van der Waals surface area contributed by atoms with Crippen molar-refractivity contribution in [1.82, 2.24) is 0 Å². The molecule has 76 valence electrons. The minimum Gasteiger partial charge on any atom is -0.252 e. The Bertz CT molecular complexity index is 154. The standard InChI is InChI=1S/C4H9Br.C2H6O4S/c1-2-3-4-5;1-5-7(3,4)6-2/h2-4H2,1H3;1-2H3. The lowest BCUT2D eigenvalue weighted by Crippen LogP contribution is -2.02. The van der Waals surface area contributed by atoms with Gasteiger partial charge in [0.05, 0.1) is 14.2 Å². The molecule has 0 bridgehead atoms. The van der Waals surface area contributed by atoms with E-state index in [4.69, 9.17) is 0 Å². The Morgan fingerprint density at radius 1 is 1.25 bits per heavy atom. The second kappa shape index (κ2) is 9.44. The lowest BCUT2D eigenvalue weighted by atomic mass is 10.4. The van der Waals surface area contributed by atoms with Gasteiger partial charge in [-0.1, -0.05) is 29.3 Å². The highest BCUT2D eigenvalue weighted by Gasteiger charge is 2.01. The molecule has 0 rings (SSSR count). The van der Waals surface area contributed by atoms with Gasteiger partial charge in [-0.2, -0.15) is 8.42 Å². The van der Waals surface area contributed by atoms with E-state index in [0.717, 1.165) is 19.5 Å². The summed E-state index contributed by atoms with van der Waals surface area (Å²) < 4.78 is 27.5. The van der Waals surface area contributed by atoms with Crippen molar-refractivity contribution in [2.45, 2.75) is 19.8 Å². The molecule has 0 aromatic carbocycles. The maximum Gasteiger partial charge on any atom is 0.399 e. The Labute approximate surface area is 82.7 Å². The van der Waals surface area contributed by atoms with E-state index in [-0.39, 0.29) is 0 Å². The fraction of sp³-hybridized carbons (Fsp3) is 1.00. The average Bonchev–Trinajstić information content (AvgIpc) is 2.07. The first-order valence-electron chi connectivity index (χ1n) is 3.46. The number of hydrogen-bond donors (Lipinski definition) is 0. The van der Waals surface area contributed by atoms with Gasteiger partial charge in [0, 0.05) is 5.33 Å². The molecule has 0 aliphatic rings. The Morgan fingerprint density at radius 3 is 1.67 bits per heavy atom. The molecule has 0 saturated carbocycles. The number of rotatable bonds is 4. The largest absolute Gasteiger partial charge is 0.399 e. The van der Waals surface area contributed by atoms with Crippen LogP contribution in [0.3, 0.4) is 0 Å². The quantitative estimate of drug-likeness (QED) is 0.724. The van der Waals surface area contributed by atoms with Gasteiger partial charge in [-0.25, -0.2) is 0 Å². The van der Waals surface area contributed by atoms with E-state index in [1.54, 1.807) is 0 Å². The first-order chi connectivity index (χ1) is 5.54. The summed E-state index contributed by atoms with van der Waals surface area (Å²) in [5, 5.41) is 1.16. The molecule has 0 spiro atoms. The van der Waals surface area contributed by atoms with E-state index in [1.165, 1.54) is 12.8 Å². The predicted octanol–water partition coefficient (Wildman–Crippen LogP) is 1.71. The second-order valence-electron chi connectivity index (χ2n) is 1.78. The summed E-state index contributed by atoms with van der Waals surface area (Å²) in [6.45, 7) is 2.18. The molecular formula is C6H15BrO4S. The Hall–Kier alpha value is 0.350. The first-order valence-corrected chi connectivity index (χ1v) is 5.91. The summed E-state index contributed by atoms with van der Waals surface area (Å²) >= 11 is 3.31. The summed E-state index contributed by atoms with van der Waals surface area (Å²) in [5.41, 5.74) is 0. The van der Waals surface area contributed by atoms with E-state index >= 15 is 0 Å². The highest BCUT2D eigenvalue weighted by molar-refractivity contribution is 9.09. The van der Waals surface area contributed by atoms with Gasteiger partial charge in [-0.15, -0.1) is 0 Å². The van der Waals surface area contributed by atoms with Crippen LogP contribution in [0.2, 0.25) is 0 Å². The van der Waals surface area contributed by atoms with Crippen molar-refractivity contribution >= 4 is 26.3 Å². The van der Waals surface area contributed by atoms with Crippen molar-refractivity contribution in [2.75, 3.05) is 19.5 Å². The zero-order valence-electron chi connectivity index (χ0n) is 7.54. The molecule has 0 atom stereocenters. The molecule has 0 N–H and O–H groups in total. The van der Waals surface area contributed by atoms with E-state index < -0.39 is 10.4 Å². The molecule has 0 aromatic rings. The maximum absolute atomic E-state index is 9.92. The highest BCUT2D eigenvalue weighted by Crippen LogP contribution is 1.89. The van der Waals surface area contributed by atoms with Crippen LogP contribution in [0.15, 0.2) is 0 Å². The van der Waals surface area contributed by atoms with Crippen molar-refractivity contribution in [3.05, 3.63) is 0 Å². The lowest BCUT2D eigenvalue weighted by Gasteiger charge is -1.91. The monoisotopic (exact) mass is 262 g/mol. The molecule has 0 amide bonds. The summed E-state index contributed by atoms with van der Waals surface area (Å²) in [6, 6.07) is 0. The van der Waals surface area contributed by atoms with E-state index in [1.807, 2.05) is 0 Å². The summed E-state index contributed by atoms with van der Waals surface area (Å²) in [6.07, 6.45) is 2.60. The fourth-order valence-electron chi connectivity index (χ4n) is 0.202. The second-order valence-corrected chi connectivity index (χ2v) is 4.06. The molecule has 6 heteroatoms. The molecular weight excluding hydrogens is 248 g/mol. The summed E-state index contributed by atoms with van der Waals surface area (Å²) in [5.74, 6) is 0. The van der Waals surface area contributed by atoms with Crippen molar-refractivity contribution in [1.29, 1.82) is 0 Å². The topological polar surface area (TPSA) is 52.6 Å². The average molecular weight is 263 g/mol. The fourth-order valence-corrected chi connectivity index (χ4v) is 0.898. The van der Waals surface area contributed by atoms with Gasteiger partial charge in [0.25, 0.3) is 0 Å². The van der Waals surface area contributed by atoms with Gasteiger partial charge in [-0.05, 0) is 6.42 Å². The van der Waals surface area contributed by atoms with Gasteiger partial charge < -0.3 is 0 Å². The zero-order valence-corrected chi connectivity index (χ0v) is 9.94. The van der Waals surface area contributed by atoms with E-state index in [2.05, 4.69) is 31.2 Å².